The number of rotatable bonds is 2. The molecule has 2 aliphatic rings. The quantitative estimate of drug-likeness (QED) is 0.883. The highest BCUT2D eigenvalue weighted by atomic mass is 16.5. The van der Waals surface area contributed by atoms with Crippen molar-refractivity contribution in [1.82, 2.24) is 15.1 Å². The Morgan fingerprint density at radius 2 is 1.77 bits per heavy atom. The van der Waals surface area contributed by atoms with Crippen molar-refractivity contribution in [1.29, 1.82) is 0 Å². The highest BCUT2D eigenvalue weighted by Gasteiger charge is 2.42. The molecule has 3 rings (SSSR count). The molecule has 2 aliphatic heterocycles. The molecule has 0 bridgehead atoms. The summed E-state index contributed by atoms with van der Waals surface area (Å²) in [5.41, 5.74) is 0.923. The second kappa shape index (κ2) is 8.08. The van der Waals surface area contributed by atoms with E-state index in [-0.39, 0.29) is 23.5 Å². The van der Waals surface area contributed by atoms with Crippen LogP contribution in [0.5, 0.6) is 0 Å². The van der Waals surface area contributed by atoms with Crippen LogP contribution >= 0.6 is 0 Å². The highest BCUT2D eigenvalue weighted by molar-refractivity contribution is 5.76. The average molecular weight is 359 g/mol. The second-order valence-electron chi connectivity index (χ2n) is 7.33. The van der Waals surface area contributed by atoms with E-state index in [1.807, 2.05) is 47.1 Å². The normalized spacial score (nSPS) is 21.2. The fraction of sp³-hybridized carbons (Fsp3) is 0.600. The summed E-state index contributed by atoms with van der Waals surface area (Å²) < 4.78 is 5.51. The third kappa shape index (κ3) is 4.01. The summed E-state index contributed by atoms with van der Waals surface area (Å²) in [6.07, 6.45) is 2.51. The molecule has 1 atom stereocenters. The molecular weight excluding hydrogens is 330 g/mol. The minimum atomic E-state index is -0.163. The van der Waals surface area contributed by atoms with Crippen LogP contribution in [0.2, 0.25) is 0 Å². The molecular formula is C20H29N3O3. The van der Waals surface area contributed by atoms with Crippen LogP contribution < -0.4 is 5.32 Å². The van der Waals surface area contributed by atoms with Crippen molar-refractivity contribution in [3.8, 4) is 0 Å². The molecule has 2 fully saturated rings. The Morgan fingerprint density at radius 3 is 2.42 bits per heavy atom. The standard InChI is InChI=1S/C20H29N3O3/c1-16(18-6-4-3-5-7-18)21-19(25)22-11-8-20(9-14-26-15-10-20)23(13-12-22)17(2)24/h3-7,16H,8-15H2,1-2H3,(H,21,25). The average Bonchev–Trinajstić information content (AvgIpc) is 2.83. The van der Waals surface area contributed by atoms with Crippen LogP contribution in [0.25, 0.3) is 0 Å². The molecule has 6 nitrogen and oxygen atoms in total. The molecule has 2 saturated heterocycles. The zero-order chi connectivity index (χ0) is 18.6. The van der Waals surface area contributed by atoms with Crippen molar-refractivity contribution in [3.63, 3.8) is 0 Å². The number of ether oxygens (including phenoxy) is 1. The minimum Gasteiger partial charge on any atom is -0.381 e. The molecule has 142 valence electrons. The van der Waals surface area contributed by atoms with Gasteiger partial charge in [0, 0.05) is 45.3 Å². The molecule has 3 amide bonds. The summed E-state index contributed by atoms with van der Waals surface area (Å²) >= 11 is 0. The lowest BCUT2D eigenvalue weighted by Crippen LogP contribution is -2.54. The van der Waals surface area contributed by atoms with Gasteiger partial charge in [0.2, 0.25) is 5.91 Å². The summed E-state index contributed by atoms with van der Waals surface area (Å²) in [6.45, 7) is 6.80. The maximum Gasteiger partial charge on any atom is 0.317 e. The van der Waals surface area contributed by atoms with Crippen LogP contribution in [-0.2, 0) is 9.53 Å². The molecule has 1 spiro atoms. The topological polar surface area (TPSA) is 61.9 Å². The summed E-state index contributed by atoms with van der Waals surface area (Å²) in [5.74, 6) is 0.0896. The summed E-state index contributed by atoms with van der Waals surface area (Å²) in [6, 6.07) is 9.84. The number of carbonyl (C=O) groups excluding carboxylic acids is 2. The van der Waals surface area contributed by atoms with E-state index in [1.54, 1.807) is 6.92 Å². The van der Waals surface area contributed by atoms with Crippen LogP contribution in [-0.4, -0.2) is 60.1 Å². The monoisotopic (exact) mass is 359 g/mol. The van der Waals surface area contributed by atoms with Crippen molar-refractivity contribution in [3.05, 3.63) is 35.9 Å². The lowest BCUT2D eigenvalue weighted by molar-refractivity contribution is -0.139. The summed E-state index contributed by atoms with van der Waals surface area (Å²) in [5, 5.41) is 3.09. The molecule has 0 aliphatic carbocycles. The van der Waals surface area contributed by atoms with Crippen LogP contribution in [0, 0.1) is 0 Å². The Kier molecular flexibility index (Phi) is 5.81. The lowest BCUT2D eigenvalue weighted by atomic mass is 9.84. The first-order valence-corrected chi connectivity index (χ1v) is 9.48. The van der Waals surface area contributed by atoms with Crippen LogP contribution in [0.1, 0.15) is 44.7 Å². The zero-order valence-corrected chi connectivity index (χ0v) is 15.7. The number of amides is 3. The molecule has 1 N–H and O–H groups in total. The number of hydrogen-bond acceptors (Lipinski definition) is 3. The molecule has 0 saturated carbocycles. The van der Waals surface area contributed by atoms with E-state index in [1.165, 1.54) is 0 Å². The molecule has 1 aromatic rings. The van der Waals surface area contributed by atoms with E-state index < -0.39 is 0 Å². The van der Waals surface area contributed by atoms with E-state index in [2.05, 4.69) is 5.32 Å². The fourth-order valence-electron chi connectivity index (χ4n) is 4.12. The Balaban J connectivity index is 1.66. The van der Waals surface area contributed by atoms with E-state index in [4.69, 9.17) is 4.74 Å². The summed E-state index contributed by atoms with van der Waals surface area (Å²) in [4.78, 5) is 28.8. The number of benzene rings is 1. The Labute approximate surface area is 155 Å². The predicted molar refractivity (Wildman–Crippen MR) is 99.7 cm³/mol. The maximum atomic E-state index is 12.8. The fourth-order valence-corrected chi connectivity index (χ4v) is 4.12. The second-order valence-corrected chi connectivity index (χ2v) is 7.33. The number of nitrogens with one attached hydrogen (secondary N) is 1. The highest BCUT2D eigenvalue weighted by Crippen LogP contribution is 2.33. The van der Waals surface area contributed by atoms with Gasteiger partial charge in [0.15, 0.2) is 0 Å². The van der Waals surface area contributed by atoms with E-state index in [9.17, 15) is 9.59 Å². The molecule has 1 aromatic carbocycles. The van der Waals surface area contributed by atoms with Crippen LogP contribution in [0.15, 0.2) is 30.3 Å². The minimum absolute atomic E-state index is 0.0482. The SMILES string of the molecule is CC(=O)N1CCN(C(=O)NC(C)c2ccccc2)CCC12CCOCC2. The number of carbonyl (C=O) groups is 2. The first-order valence-electron chi connectivity index (χ1n) is 9.48. The molecule has 0 aromatic heterocycles. The van der Waals surface area contributed by atoms with Gasteiger partial charge in [0.25, 0.3) is 0 Å². The first kappa shape index (κ1) is 18.7. The molecule has 0 radical (unpaired) electrons. The van der Waals surface area contributed by atoms with Gasteiger partial charge in [-0.05, 0) is 31.7 Å². The van der Waals surface area contributed by atoms with Crippen LogP contribution in [0.3, 0.4) is 0 Å². The largest absolute Gasteiger partial charge is 0.381 e. The Bertz CT molecular complexity index is 628. The van der Waals surface area contributed by atoms with Gasteiger partial charge in [-0.3, -0.25) is 4.79 Å². The molecule has 26 heavy (non-hydrogen) atoms. The zero-order valence-electron chi connectivity index (χ0n) is 15.7. The Hall–Kier alpha value is -2.08. The van der Waals surface area contributed by atoms with Crippen molar-refractivity contribution in [2.24, 2.45) is 0 Å². The van der Waals surface area contributed by atoms with Crippen molar-refractivity contribution in [2.45, 2.75) is 44.7 Å². The van der Waals surface area contributed by atoms with Gasteiger partial charge in [-0.2, -0.15) is 0 Å². The predicted octanol–water partition coefficient (Wildman–Crippen LogP) is 2.56. The van der Waals surface area contributed by atoms with Crippen molar-refractivity contribution >= 4 is 11.9 Å². The van der Waals surface area contributed by atoms with E-state index in [0.717, 1.165) is 24.8 Å². The summed E-state index contributed by atoms with van der Waals surface area (Å²) in [7, 11) is 0. The van der Waals surface area contributed by atoms with E-state index in [0.29, 0.717) is 32.8 Å². The molecule has 6 heteroatoms. The van der Waals surface area contributed by atoms with E-state index >= 15 is 0 Å². The molecule has 2 heterocycles. The third-order valence-corrected chi connectivity index (χ3v) is 5.74. The van der Waals surface area contributed by atoms with Gasteiger partial charge in [0.05, 0.1) is 6.04 Å². The van der Waals surface area contributed by atoms with Crippen molar-refractivity contribution < 1.29 is 14.3 Å². The van der Waals surface area contributed by atoms with Gasteiger partial charge >= 0.3 is 6.03 Å². The first-order chi connectivity index (χ1) is 12.5. The number of nitrogens with zero attached hydrogens (tertiary/aromatic N) is 2. The smallest absolute Gasteiger partial charge is 0.317 e. The lowest BCUT2D eigenvalue weighted by Gasteiger charge is -2.44. The Morgan fingerprint density at radius 1 is 1.08 bits per heavy atom. The van der Waals surface area contributed by atoms with Gasteiger partial charge in [-0.1, -0.05) is 30.3 Å². The van der Waals surface area contributed by atoms with Gasteiger partial charge in [0.1, 0.15) is 0 Å². The third-order valence-electron chi connectivity index (χ3n) is 5.74. The van der Waals surface area contributed by atoms with Gasteiger partial charge in [-0.25, -0.2) is 4.79 Å². The number of urea groups is 1. The van der Waals surface area contributed by atoms with Crippen molar-refractivity contribution in [2.75, 3.05) is 32.8 Å². The number of hydrogen-bond donors (Lipinski definition) is 1. The maximum absolute atomic E-state index is 12.8. The van der Waals surface area contributed by atoms with Crippen LogP contribution in [0.4, 0.5) is 4.79 Å². The van der Waals surface area contributed by atoms with Gasteiger partial charge in [-0.15, -0.1) is 0 Å². The van der Waals surface area contributed by atoms with Gasteiger partial charge < -0.3 is 19.9 Å². The molecule has 1 unspecified atom stereocenters.